The van der Waals surface area contributed by atoms with Crippen molar-refractivity contribution in [2.75, 3.05) is 49.1 Å². The zero-order chi connectivity index (χ0) is 18.5. The normalized spacial score (nSPS) is 14.4. The van der Waals surface area contributed by atoms with E-state index in [-0.39, 0.29) is 5.91 Å². The summed E-state index contributed by atoms with van der Waals surface area (Å²) in [4.78, 5) is 19.2. The maximum absolute atomic E-state index is 12.6. The Morgan fingerprint density at radius 2 is 1.50 bits per heavy atom. The minimum absolute atomic E-state index is 0.0817. The summed E-state index contributed by atoms with van der Waals surface area (Å²) in [6.45, 7) is 9.55. The van der Waals surface area contributed by atoms with Crippen LogP contribution in [0, 0.1) is 0 Å². The molecule has 1 saturated heterocycles. The largest absolute Gasteiger partial charge is 0.372 e. The predicted molar refractivity (Wildman–Crippen MR) is 110 cm³/mol. The molecule has 0 N–H and O–H groups in total. The third-order valence-corrected chi connectivity index (χ3v) is 5.25. The van der Waals surface area contributed by atoms with E-state index in [9.17, 15) is 4.79 Å². The maximum Gasteiger partial charge on any atom is 0.253 e. The van der Waals surface area contributed by atoms with Crippen molar-refractivity contribution in [2.45, 2.75) is 13.8 Å². The van der Waals surface area contributed by atoms with Crippen molar-refractivity contribution in [3.63, 3.8) is 0 Å². The average molecular weight is 372 g/mol. The molecule has 0 unspecified atom stereocenters. The van der Waals surface area contributed by atoms with Crippen LogP contribution in [0.2, 0.25) is 5.02 Å². The summed E-state index contributed by atoms with van der Waals surface area (Å²) in [6.07, 6.45) is 0. The number of hydrogen-bond acceptors (Lipinski definition) is 3. The number of hydrogen-bond donors (Lipinski definition) is 0. The summed E-state index contributed by atoms with van der Waals surface area (Å²) in [5.74, 6) is 0.0817. The second kappa shape index (κ2) is 8.45. The third kappa shape index (κ3) is 4.13. The lowest BCUT2D eigenvalue weighted by Crippen LogP contribution is -2.48. The summed E-state index contributed by atoms with van der Waals surface area (Å²) >= 11 is 5.90. The molecule has 0 bridgehead atoms. The van der Waals surface area contributed by atoms with Crippen LogP contribution in [-0.2, 0) is 0 Å². The number of anilines is 2. The van der Waals surface area contributed by atoms with Crippen LogP contribution >= 0.6 is 11.6 Å². The van der Waals surface area contributed by atoms with E-state index in [0.717, 1.165) is 39.3 Å². The molecule has 0 aliphatic carbocycles. The number of amides is 1. The number of benzene rings is 2. The Morgan fingerprint density at radius 3 is 2.04 bits per heavy atom. The molecule has 1 aliphatic rings. The minimum Gasteiger partial charge on any atom is -0.372 e. The first-order valence-corrected chi connectivity index (χ1v) is 9.65. The topological polar surface area (TPSA) is 26.8 Å². The molecule has 1 aliphatic heterocycles. The molecule has 0 saturated carbocycles. The van der Waals surface area contributed by atoms with Crippen LogP contribution in [-0.4, -0.2) is 50.1 Å². The standard InChI is InChI=1S/C21H26ClN3O/c1-3-23(4-2)19-9-11-20(12-10-19)24-13-15-25(16-14-24)21(26)17-5-7-18(22)8-6-17/h5-12H,3-4,13-16H2,1-2H3. The van der Waals surface area contributed by atoms with E-state index in [1.807, 2.05) is 4.90 Å². The van der Waals surface area contributed by atoms with Gasteiger partial charge in [-0.3, -0.25) is 4.79 Å². The number of rotatable bonds is 5. The molecule has 26 heavy (non-hydrogen) atoms. The van der Waals surface area contributed by atoms with Crippen molar-refractivity contribution in [1.29, 1.82) is 0 Å². The zero-order valence-electron chi connectivity index (χ0n) is 15.5. The van der Waals surface area contributed by atoms with Gasteiger partial charge in [-0.05, 0) is 62.4 Å². The molecule has 0 atom stereocenters. The molecule has 5 heteroatoms. The van der Waals surface area contributed by atoms with Crippen LogP contribution in [0.25, 0.3) is 0 Å². The molecule has 0 radical (unpaired) electrons. The summed E-state index contributed by atoms with van der Waals surface area (Å²) < 4.78 is 0. The predicted octanol–water partition coefficient (Wildman–Crippen LogP) is 4.15. The van der Waals surface area contributed by atoms with Gasteiger partial charge < -0.3 is 14.7 Å². The lowest BCUT2D eigenvalue weighted by atomic mass is 10.1. The molecule has 2 aromatic carbocycles. The van der Waals surface area contributed by atoms with Gasteiger partial charge in [0.15, 0.2) is 0 Å². The fourth-order valence-corrected chi connectivity index (χ4v) is 3.53. The van der Waals surface area contributed by atoms with Gasteiger partial charge in [-0.25, -0.2) is 0 Å². The Hall–Kier alpha value is -2.20. The van der Waals surface area contributed by atoms with E-state index in [0.29, 0.717) is 10.6 Å². The first kappa shape index (κ1) is 18.6. The lowest BCUT2D eigenvalue weighted by molar-refractivity contribution is 0.0747. The molecular weight excluding hydrogens is 346 g/mol. The fourth-order valence-electron chi connectivity index (χ4n) is 3.41. The highest BCUT2D eigenvalue weighted by Gasteiger charge is 2.22. The van der Waals surface area contributed by atoms with E-state index < -0.39 is 0 Å². The highest BCUT2D eigenvalue weighted by Crippen LogP contribution is 2.22. The molecule has 2 aromatic rings. The summed E-state index contributed by atoms with van der Waals surface area (Å²) in [5, 5.41) is 0.652. The van der Waals surface area contributed by atoms with E-state index in [4.69, 9.17) is 11.6 Å². The SMILES string of the molecule is CCN(CC)c1ccc(N2CCN(C(=O)c3ccc(Cl)cc3)CC2)cc1. The van der Waals surface area contributed by atoms with E-state index in [1.165, 1.54) is 11.4 Å². The molecular formula is C21H26ClN3O. The summed E-state index contributed by atoms with van der Waals surface area (Å²) in [5.41, 5.74) is 3.18. The van der Waals surface area contributed by atoms with Gasteiger partial charge in [0.05, 0.1) is 0 Å². The second-order valence-corrected chi connectivity index (χ2v) is 6.91. The Balaban J connectivity index is 1.59. The van der Waals surface area contributed by atoms with Crippen molar-refractivity contribution < 1.29 is 4.79 Å². The second-order valence-electron chi connectivity index (χ2n) is 6.47. The highest BCUT2D eigenvalue weighted by molar-refractivity contribution is 6.30. The van der Waals surface area contributed by atoms with Crippen molar-refractivity contribution in [3.05, 3.63) is 59.1 Å². The smallest absolute Gasteiger partial charge is 0.253 e. The van der Waals surface area contributed by atoms with Crippen molar-refractivity contribution in [1.82, 2.24) is 4.90 Å². The minimum atomic E-state index is 0.0817. The Bertz CT molecular complexity index is 718. The van der Waals surface area contributed by atoms with E-state index in [1.54, 1.807) is 24.3 Å². The molecule has 1 amide bonds. The number of carbonyl (C=O) groups is 1. The number of nitrogens with zero attached hydrogens (tertiary/aromatic N) is 3. The van der Waals surface area contributed by atoms with Gasteiger partial charge in [0.1, 0.15) is 0 Å². The average Bonchev–Trinajstić information content (AvgIpc) is 2.70. The molecule has 1 heterocycles. The van der Waals surface area contributed by atoms with Crippen molar-refractivity contribution in [2.24, 2.45) is 0 Å². The molecule has 0 aromatic heterocycles. The van der Waals surface area contributed by atoms with Crippen LogP contribution in [0.4, 0.5) is 11.4 Å². The Labute approximate surface area is 161 Å². The third-order valence-electron chi connectivity index (χ3n) is 5.00. The van der Waals surface area contributed by atoms with Gasteiger partial charge >= 0.3 is 0 Å². The van der Waals surface area contributed by atoms with E-state index in [2.05, 4.69) is 47.9 Å². The van der Waals surface area contributed by atoms with Crippen LogP contribution < -0.4 is 9.80 Å². The number of piperazine rings is 1. The fraction of sp³-hybridized carbons (Fsp3) is 0.381. The number of carbonyl (C=O) groups excluding carboxylic acids is 1. The van der Waals surface area contributed by atoms with Gasteiger partial charge in [0.2, 0.25) is 0 Å². The van der Waals surface area contributed by atoms with Crippen molar-refractivity contribution >= 4 is 28.9 Å². The van der Waals surface area contributed by atoms with Gasteiger partial charge in [-0.1, -0.05) is 11.6 Å². The van der Waals surface area contributed by atoms with Crippen molar-refractivity contribution in [3.8, 4) is 0 Å². The van der Waals surface area contributed by atoms with Crippen LogP contribution in [0.1, 0.15) is 24.2 Å². The van der Waals surface area contributed by atoms with Crippen LogP contribution in [0.15, 0.2) is 48.5 Å². The lowest BCUT2D eigenvalue weighted by Gasteiger charge is -2.36. The zero-order valence-corrected chi connectivity index (χ0v) is 16.2. The van der Waals surface area contributed by atoms with Gasteiger partial charge in [0, 0.05) is 61.2 Å². The molecule has 1 fully saturated rings. The van der Waals surface area contributed by atoms with Gasteiger partial charge in [0.25, 0.3) is 5.91 Å². The first-order valence-electron chi connectivity index (χ1n) is 9.27. The first-order chi connectivity index (χ1) is 12.6. The Morgan fingerprint density at radius 1 is 0.923 bits per heavy atom. The van der Waals surface area contributed by atoms with E-state index >= 15 is 0 Å². The van der Waals surface area contributed by atoms with Gasteiger partial charge in [-0.2, -0.15) is 0 Å². The molecule has 0 spiro atoms. The summed E-state index contributed by atoms with van der Waals surface area (Å²) in [6, 6.07) is 15.9. The molecule has 4 nitrogen and oxygen atoms in total. The highest BCUT2D eigenvalue weighted by atomic mass is 35.5. The number of halogens is 1. The van der Waals surface area contributed by atoms with Crippen LogP contribution in [0.3, 0.4) is 0 Å². The van der Waals surface area contributed by atoms with Crippen LogP contribution in [0.5, 0.6) is 0 Å². The molecule has 3 rings (SSSR count). The van der Waals surface area contributed by atoms with Gasteiger partial charge in [-0.15, -0.1) is 0 Å². The Kier molecular flexibility index (Phi) is 6.04. The quantitative estimate of drug-likeness (QED) is 0.790. The monoisotopic (exact) mass is 371 g/mol. The molecule has 138 valence electrons. The summed E-state index contributed by atoms with van der Waals surface area (Å²) in [7, 11) is 0. The maximum atomic E-state index is 12.6.